The molecule has 138 valence electrons. The standard InChI is InChI=1S/C17H30O6Si/c1-8-22-15(18)17(16(19)23-9-2,13-14(20-3)21-4)11-10-12-24(5,6)7/h14H,8-9,11,13H2,1-7H3. The van der Waals surface area contributed by atoms with E-state index < -0.39 is 31.7 Å². The van der Waals surface area contributed by atoms with E-state index in [9.17, 15) is 9.59 Å². The largest absolute Gasteiger partial charge is 0.465 e. The van der Waals surface area contributed by atoms with Crippen LogP contribution in [0.1, 0.15) is 26.7 Å². The molecule has 0 aliphatic carbocycles. The zero-order chi connectivity index (χ0) is 18.8. The van der Waals surface area contributed by atoms with Crippen molar-refractivity contribution in [2.45, 2.75) is 52.6 Å². The summed E-state index contributed by atoms with van der Waals surface area (Å²) in [6, 6.07) is 0. The van der Waals surface area contributed by atoms with E-state index in [1.807, 2.05) is 0 Å². The van der Waals surface area contributed by atoms with Gasteiger partial charge in [-0.2, -0.15) is 0 Å². The lowest BCUT2D eigenvalue weighted by molar-refractivity contribution is -0.184. The van der Waals surface area contributed by atoms with Gasteiger partial charge < -0.3 is 18.9 Å². The summed E-state index contributed by atoms with van der Waals surface area (Å²) < 4.78 is 20.6. The third kappa shape index (κ3) is 7.03. The molecule has 0 aromatic rings. The maximum atomic E-state index is 12.6. The minimum Gasteiger partial charge on any atom is -0.465 e. The molecule has 0 bridgehead atoms. The Kier molecular flexibility index (Phi) is 9.90. The second-order valence-corrected chi connectivity index (χ2v) is 11.1. The summed E-state index contributed by atoms with van der Waals surface area (Å²) >= 11 is 0. The zero-order valence-corrected chi connectivity index (χ0v) is 16.9. The van der Waals surface area contributed by atoms with Gasteiger partial charge in [-0.3, -0.25) is 9.59 Å². The van der Waals surface area contributed by atoms with Gasteiger partial charge >= 0.3 is 11.9 Å². The Morgan fingerprint density at radius 1 is 1.00 bits per heavy atom. The van der Waals surface area contributed by atoms with Gasteiger partial charge in [0.25, 0.3) is 0 Å². The van der Waals surface area contributed by atoms with E-state index in [0.29, 0.717) is 0 Å². The topological polar surface area (TPSA) is 71.1 Å². The van der Waals surface area contributed by atoms with Crippen molar-refractivity contribution in [2.24, 2.45) is 5.41 Å². The smallest absolute Gasteiger partial charge is 0.324 e. The molecule has 0 N–H and O–H groups in total. The summed E-state index contributed by atoms with van der Waals surface area (Å²) in [5.41, 5.74) is 1.61. The molecule has 0 amide bonds. The molecule has 0 radical (unpaired) electrons. The molecular weight excluding hydrogens is 328 g/mol. The first kappa shape index (κ1) is 22.6. The van der Waals surface area contributed by atoms with Crippen molar-refractivity contribution in [1.82, 2.24) is 0 Å². The number of carbonyl (C=O) groups is 2. The van der Waals surface area contributed by atoms with Crippen molar-refractivity contribution >= 4 is 20.0 Å². The van der Waals surface area contributed by atoms with Gasteiger partial charge in [-0.05, 0) is 13.8 Å². The second-order valence-electron chi connectivity index (χ2n) is 6.36. The van der Waals surface area contributed by atoms with Crippen LogP contribution in [-0.2, 0) is 28.5 Å². The van der Waals surface area contributed by atoms with Crippen LogP contribution in [0, 0.1) is 16.9 Å². The van der Waals surface area contributed by atoms with Crippen molar-refractivity contribution < 1.29 is 28.5 Å². The first-order valence-electron chi connectivity index (χ1n) is 8.06. The van der Waals surface area contributed by atoms with Crippen LogP contribution >= 0.6 is 0 Å². The third-order valence-corrected chi connectivity index (χ3v) is 4.15. The predicted molar refractivity (Wildman–Crippen MR) is 93.9 cm³/mol. The van der Waals surface area contributed by atoms with Crippen molar-refractivity contribution in [2.75, 3.05) is 27.4 Å². The molecule has 24 heavy (non-hydrogen) atoms. The first-order chi connectivity index (χ1) is 11.2. The number of rotatable bonds is 9. The van der Waals surface area contributed by atoms with Crippen molar-refractivity contribution in [3.63, 3.8) is 0 Å². The Bertz CT molecular complexity index is 450. The predicted octanol–water partition coefficient (Wildman–Crippen LogP) is 2.38. The summed E-state index contributed by atoms with van der Waals surface area (Å²) in [5, 5.41) is 0. The fraction of sp³-hybridized carbons (Fsp3) is 0.765. The zero-order valence-electron chi connectivity index (χ0n) is 15.9. The Morgan fingerprint density at radius 2 is 1.46 bits per heavy atom. The fourth-order valence-corrected chi connectivity index (χ4v) is 2.63. The van der Waals surface area contributed by atoms with Gasteiger partial charge in [0.15, 0.2) is 11.7 Å². The van der Waals surface area contributed by atoms with E-state index in [1.54, 1.807) is 13.8 Å². The number of hydrogen-bond acceptors (Lipinski definition) is 6. The number of esters is 2. The minimum atomic E-state index is -1.65. The van der Waals surface area contributed by atoms with E-state index in [2.05, 4.69) is 31.1 Å². The molecule has 0 spiro atoms. The first-order valence-corrected chi connectivity index (χ1v) is 11.6. The summed E-state index contributed by atoms with van der Waals surface area (Å²) in [7, 11) is 1.25. The quantitative estimate of drug-likeness (QED) is 0.207. The molecule has 0 saturated carbocycles. The van der Waals surface area contributed by atoms with Gasteiger partial charge in [-0.15, -0.1) is 11.5 Å². The molecule has 0 heterocycles. The number of hydrogen-bond donors (Lipinski definition) is 0. The van der Waals surface area contributed by atoms with Gasteiger partial charge in [0, 0.05) is 27.1 Å². The normalized spacial score (nSPS) is 11.7. The van der Waals surface area contributed by atoms with E-state index in [4.69, 9.17) is 18.9 Å². The van der Waals surface area contributed by atoms with Gasteiger partial charge in [-0.1, -0.05) is 19.6 Å². The van der Waals surface area contributed by atoms with E-state index >= 15 is 0 Å². The lowest BCUT2D eigenvalue weighted by Gasteiger charge is -2.30. The van der Waals surface area contributed by atoms with Crippen molar-refractivity contribution in [3.05, 3.63) is 0 Å². The van der Waals surface area contributed by atoms with Crippen LogP contribution in [-0.4, -0.2) is 53.7 Å². The highest BCUT2D eigenvalue weighted by molar-refractivity contribution is 6.83. The van der Waals surface area contributed by atoms with Crippen LogP contribution in [0.2, 0.25) is 19.6 Å². The van der Waals surface area contributed by atoms with Crippen molar-refractivity contribution in [1.29, 1.82) is 0 Å². The number of methoxy groups -OCH3 is 2. The monoisotopic (exact) mass is 358 g/mol. The molecule has 7 heteroatoms. The molecule has 6 nitrogen and oxygen atoms in total. The lowest BCUT2D eigenvalue weighted by Crippen LogP contribution is -2.45. The van der Waals surface area contributed by atoms with Crippen LogP contribution in [0.3, 0.4) is 0 Å². The third-order valence-electron chi connectivity index (χ3n) is 3.23. The average molecular weight is 359 g/mol. The van der Waals surface area contributed by atoms with Crippen LogP contribution in [0.4, 0.5) is 0 Å². The van der Waals surface area contributed by atoms with Gasteiger partial charge in [0.2, 0.25) is 0 Å². The summed E-state index contributed by atoms with van der Waals surface area (Å²) in [4.78, 5) is 25.2. The summed E-state index contributed by atoms with van der Waals surface area (Å²) in [5.74, 6) is 1.68. The molecule has 0 saturated heterocycles. The van der Waals surface area contributed by atoms with Crippen LogP contribution in [0.15, 0.2) is 0 Å². The van der Waals surface area contributed by atoms with Crippen LogP contribution < -0.4 is 0 Å². The number of carbonyl (C=O) groups excluding carboxylic acids is 2. The molecule has 0 unspecified atom stereocenters. The Morgan fingerprint density at radius 3 is 1.79 bits per heavy atom. The summed E-state index contributed by atoms with van der Waals surface area (Å²) in [6.45, 7) is 9.95. The average Bonchev–Trinajstić information content (AvgIpc) is 2.50. The highest BCUT2D eigenvalue weighted by atomic mass is 28.3. The Hall–Kier alpha value is -1.36. The summed E-state index contributed by atoms with van der Waals surface area (Å²) in [6.07, 6.45) is -0.747. The minimum absolute atomic E-state index is 0.0121. The second kappa shape index (κ2) is 10.5. The molecule has 0 atom stereocenters. The lowest BCUT2D eigenvalue weighted by atomic mass is 9.81. The van der Waals surface area contributed by atoms with Gasteiger partial charge in [0.1, 0.15) is 8.07 Å². The Labute approximate surface area is 146 Å². The van der Waals surface area contributed by atoms with Gasteiger partial charge in [0.05, 0.1) is 13.2 Å². The maximum Gasteiger partial charge on any atom is 0.324 e. The highest BCUT2D eigenvalue weighted by Gasteiger charge is 2.50. The maximum absolute atomic E-state index is 12.6. The molecule has 0 rings (SSSR count). The van der Waals surface area contributed by atoms with E-state index in [-0.39, 0.29) is 26.1 Å². The molecular formula is C17H30O6Si. The Balaban J connectivity index is 5.85. The fourth-order valence-electron chi connectivity index (χ4n) is 2.01. The number of ether oxygens (including phenoxy) is 4. The molecule has 0 aliphatic rings. The van der Waals surface area contributed by atoms with E-state index in [1.165, 1.54) is 14.2 Å². The molecule has 0 aliphatic heterocycles. The molecule has 0 aromatic carbocycles. The van der Waals surface area contributed by atoms with Gasteiger partial charge in [-0.25, -0.2) is 0 Å². The SMILES string of the molecule is CCOC(=O)C(CC#C[Si](C)(C)C)(CC(OC)OC)C(=O)OCC. The molecule has 0 aromatic heterocycles. The highest BCUT2D eigenvalue weighted by Crippen LogP contribution is 2.33. The van der Waals surface area contributed by atoms with E-state index in [0.717, 1.165) is 0 Å². The van der Waals surface area contributed by atoms with Crippen molar-refractivity contribution in [3.8, 4) is 11.5 Å². The van der Waals surface area contributed by atoms with Crippen LogP contribution in [0.5, 0.6) is 0 Å². The van der Waals surface area contributed by atoms with Crippen LogP contribution in [0.25, 0.3) is 0 Å². The molecule has 0 fully saturated rings.